The van der Waals surface area contributed by atoms with Crippen molar-refractivity contribution in [3.05, 3.63) is 64.7 Å². The Labute approximate surface area is 243 Å². The summed E-state index contributed by atoms with van der Waals surface area (Å²) in [5, 5.41) is 3.20. The first-order chi connectivity index (χ1) is 19.9. The SMILES string of the molecule is CC.CN1C(=O)CC(CC/C=C\c2ccc3c(c2)C(NC(=O)c2ccc4c(c2)CCCO4)CCO3)N=C1N.COC. The number of ether oxygens (including phenoxy) is 3. The Bertz CT molecular complexity index is 1240. The number of aliphatic imine (C=N–C) groups is 1. The molecule has 222 valence electrons. The molecule has 2 atom stereocenters. The van der Waals surface area contributed by atoms with Crippen LogP contribution >= 0.6 is 0 Å². The Morgan fingerprint density at radius 1 is 1.15 bits per heavy atom. The summed E-state index contributed by atoms with van der Waals surface area (Å²) in [6.45, 7) is 5.29. The number of fused-ring (bicyclic) bond motifs is 2. The average Bonchev–Trinajstić information content (AvgIpc) is 2.99. The number of benzene rings is 2. The van der Waals surface area contributed by atoms with Gasteiger partial charge in [-0.05, 0) is 67.1 Å². The summed E-state index contributed by atoms with van der Waals surface area (Å²) in [6, 6.07) is 11.5. The van der Waals surface area contributed by atoms with Gasteiger partial charge in [-0.25, -0.2) is 4.99 Å². The lowest BCUT2D eigenvalue weighted by Gasteiger charge is -2.27. The zero-order chi connectivity index (χ0) is 29.8. The zero-order valence-electron chi connectivity index (χ0n) is 24.9. The van der Waals surface area contributed by atoms with Gasteiger partial charge in [0.05, 0.1) is 25.3 Å². The summed E-state index contributed by atoms with van der Waals surface area (Å²) >= 11 is 0. The Kier molecular flexibility index (Phi) is 12.2. The van der Waals surface area contributed by atoms with E-state index in [1.807, 2.05) is 44.2 Å². The Balaban J connectivity index is 0.000000868. The molecule has 3 heterocycles. The van der Waals surface area contributed by atoms with E-state index in [0.717, 1.165) is 60.5 Å². The van der Waals surface area contributed by atoms with Crippen molar-refractivity contribution in [1.82, 2.24) is 10.2 Å². The van der Waals surface area contributed by atoms with E-state index in [-0.39, 0.29) is 29.9 Å². The molecule has 41 heavy (non-hydrogen) atoms. The van der Waals surface area contributed by atoms with E-state index in [0.29, 0.717) is 25.0 Å². The lowest BCUT2D eigenvalue weighted by molar-refractivity contribution is -0.127. The van der Waals surface area contributed by atoms with Crippen molar-refractivity contribution in [3.8, 4) is 11.5 Å². The molecular weight excluding hydrogens is 520 g/mol. The zero-order valence-corrected chi connectivity index (χ0v) is 24.9. The topological polar surface area (TPSA) is 115 Å². The molecule has 2 aromatic carbocycles. The van der Waals surface area contributed by atoms with Gasteiger partial charge in [0.2, 0.25) is 5.91 Å². The van der Waals surface area contributed by atoms with Crippen LogP contribution in [0.1, 0.15) is 79.0 Å². The molecule has 9 nitrogen and oxygen atoms in total. The van der Waals surface area contributed by atoms with Gasteiger partial charge in [-0.1, -0.05) is 32.1 Å². The van der Waals surface area contributed by atoms with Gasteiger partial charge in [-0.15, -0.1) is 0 Å². The predicted octanol–water partition coefficient (Wildman–Crippen LogP) is 4.89. The molecule has 3 aliphatic heterocycles. The number of amides is 2. The number of nitrogens with zero attached hydrogens (tertiary/aromatic N) is 2. The van der Waals surface area contributed by atoms with E-state index in [4.69, 9.17) is 15.2 Å². The predicted molar refractivity (Wildman–Crippen MR) is 162 cm³/mol. The van der Waals surface area contributed by atoms with Crippen LogP contribution in [0.15, 0.2) is 47.5 Å². The molecule has 9 heteroatoms. The van der Waals surface area contributed by atoms with Crippen LogP contribution in [0.2, 0.25) is 0 Å². The van der Waals surface area contributed by atoms with Gasteiger partial charge in [-0.2, -0.15) is 0 Å². The number of nitrogens with one attached hydrogen (secondary N) is 1. The van der Waals surface area contributed by atoms with Crippen molar-refractivity contribution in [2.75, 3.05) is 34.5 Å². The van der Waals surface area contributed by atoms with Crippen LogP contribution in [0, 0.1) is 0 Å². The van der Waals surface area contributed by atoms with Gasteiger partial charge in [0.15, 0.2) is 5.96 Å². The number of hydrogen-bond donors (Lipinski definition) is 2. The van der Waals surface area contributed by atoms with Crippen LogP contribution in [0.5, 0.6) is 11.5 Å². The Morgan fingerprint density at radius 3 is 2.63 bits per heavy atom. The normalized spacial score (nSPS) is 19.2. The fourth-order valence-electron chi connectivity index (χ4n) is 4.87. The monoisotopic (exact) mass is 564 g/mol. The molecule has 0 radical (unpaired) electrons. The van der Waals surface area contributed by atoms with E-state index < -0.39 is 0 Å². The minimum Gasteiger partial charge on any atom is -0.493 e. The molecule has 2 aromatic rings. The maximum Gasteiger partial charge on any atom is 0.251 e. The van der Waals surface area contributed by atoms with Crippen molar-refractivity contribution in [3.63, 3.8) is 0 Å². The average molecular weight is 565 g/mol. The molecule has 0 aliphatic carbocycles. The standard InChI is InChI=1S/C28H32N4O4.C2H6O.C2H6/c1-32-26(33)17-21(30-28(32)29)7-3-2-5-18-8-10-25-22(15-18)23(12-14-36-25)31-27(34)20-9-11-24-19(16-20)6-4-13-35-24;1-3-2;1-2/h2,5,8-11,15-16,21,23H,3-4,6-7,12-14,17H2,1H3,(H2,29,30)(H,31,34);1-2H3;1-2H3/b5-2-;;. The van der Waals surface area contributed by atoms with Gasteiger partial charge < -0.3 is 25.3 Å². The minimum absolute atomic E-state index is 0.00276. The highest BCUT2D eigenvalue weighted by molar-refractivity contribution is 5.98. The minimum atomic E-state index is -0.121. The second-order valence-electron chi connectivity index (χ2n) is 9.92. The van der Waals surface area contributed by atoms with Gasteiger partial charge in [-0.3, -0.25) is 14.5 Å². The number of allylic oxidation sites excluding steroid dienone is 1. The van der Waals surface area contributed by atoms with Crippen LogP contribution in [0.25, 0.3) is 6.08 Å². The maximum absolute atomic E-state index is 13.1. The molecule has 0 aromatic heterocycles. The quantitative estimate of drug-likeness (QED) is 0.516. The van der Waals surface area contributed by atoms with Crippen molar-refractivity contribution in [1.29, 1.82) is 0 Å². The smallest absolute Gasteiger partial charge is 0.251 e. The molecule has 0 fully saturated rings. The summed E-state index contributed by atoms with van der Waals surface area (Å²) in [5.74, 6) is 1.88. The Hall–Kier alpha value is -3.85. The first-order valence-corrected chi connectivity index (χ1v) is 14.4. The van der Waals surface area contributed by atoms with Gasteiger partial charge in [0, 0.05) is 45.2 Å². The number of methoxy groups -OCH3 is 1. The van der Waals surface area contributed by atoms with Crippen molar-refractivity contribution in [2.24, 2.45) is 10.7 Å². The highest BCUT2D eigenvalue weighted by Gasteiger charge is 2.25. The molecule has 2 amide bonds. The van der Waals surface area contributed by atoms with E-state index in [1.54, 1.807) is 21.3 Å². The highest BCUT2D eigenvalue weighted by Crippen LogP contribution is 2.34. The molecule has 3 aliphatic rings. The highest BCUT2D eigenvalue weighted by atomic mass is 16.5. The van der Waals surface area contributed by atoms with Crippen molar-refractivity contribution < 1.29 is 23.8 Å². The lowest BCUT2D eigenvalue weighted by Crippen LogP contribution is -2.44. The summed E-state index contributed by atoms with van der Waals surface area (Å²) in [6.07, 6.45) is 8.69. The fourth-order valence-corrected chi connectivity index (χ4v) is 4.87. The van der Waals surface area contributed by atoms with E-state index >= 15 is 0 Å². The lowest BCUT2D eigenvalue weighted by atomic mass is 9.97. The van der Waals surface area contributed by atoms with Crippen molar-refractivity contribution >= 4 is 23.8 Å². The molecule has 5 rings (SSSR count). The van der Waals surface area contributed by atoms with E-state index in [2.05, 4.69) is 33.3 Å². The van der Waals surface area contributed by atoms with E-state index in [9.17, 15) is 9.59 Å². The maximum atomic E-state index is 13.1. The van der Waals surface area contributed by atoms with Crippen molar-refractivity contribution in [2.45, 2.75) is 64.5 Å². The number of guanidine groups is 1. The third kappa shape index (κ3) is 8.57. The number of aryl methyl sites for hydroxylation is 1. The second-order valence-corrected chi connectivity index (χ2v) is 9.92. The summed E-state index contributed by atoms with van der Waals surface area (Å²) in [5.41, 5.74) is 9.58. The number of hydrogen-bond acceptors (Lipinski definition) is 7. The molecule has 0 spiro atoms. The Morgan fingerprint density at radius 2 is 1.88 bits per heavy atom. The fraction of sp³-hybridized carbons (Fsp3) is 0.469. The van der Waals surface area contributed by atoms with E-state index in [1.165, 1.54) is 4.90 Å². The van der Waals surface area contributed by atoms with Crippen LogP contribution < -0.4 is 20.5 Å². The number of carbonyl (C=O) groups is 2. The van der Waals surface area contributed by atoms with Crippen LogP contribution in [0.3, 0.4) is 0 Å². The number of carbonyl (C=O) groups excluding carboxylic acids is 2. The first-order valence-electron chi connectivity index (χ1n) is 14.4. The summed E-state index contributed by atoms with van der Waals surface area (Å²) in [4.78, 5) is 30.8. The van der Waals surface area contributed by atoms with Gasteiger partial charge in [0.25, 0.3) is 5.91 Å². The second kappa shape index (κ2) is 15.8. The van der Waals surface area contributed by atoms with Crippen LogP contribution in [-0.4, -0.2) is 63.2 Å². The van der Waals surface area contributed by atoms with Crippen LogP contribution in [0.4, 0.5) is 0 Å². The first kappa shape index (κ1) is 31.7. The third-order valence-electron chi connectivity index (χ3n) is 6.97. The molecule has 3 N–H and O–H groups in total. The molecule has 2 unspecified atom stereocenters. The number of nitrogens with two attached hydrogens (primary N) is 1. The van der Waals surface area contributed by atoms with Gasteiger partial charge >= 0.3 is 0 Å². The largest absolute Gasteiger partial charge is 0.493 e. The van der Waals surface area contributed by atoms with Crippen LogP contribution in [-0.2, 0) is 16.0 Å². The molecule has 0 bridgehead atoms. The van der Waals surface area contributed by atoms with Gasteiger partial charge in [0.1, 0.15) is 11.5 Å². The molecule has 0 saturated heterocycles. The third-order valence-corrected chi connectivity index (χ3v) is 6.97. The molecule has 0 saturated carbocycles. The summed E-state index contributed by atoms with van der Waals surface area (Å²) in [7, 11) is 4.90. The molecular formula is C32H44N4O5. The summed E-state index contributed by atoms with van der Waals surface area (Å²) < 4.78 is 15.8. The number of rotatable bonds is 6.